The van der Waals surface area contributed by atoms with Gasteiger partial charge in [-0.05, 0) is 94.4 Å². The summed E-state index contributed by atoms with van der Waals surface area (Å²) in [4.78, 5) is 26.4. The minimum absolute atomic E-state index is 0.239. The van der Waals surface area contributed by atoms with Gasteiger partial charge in [-0.2, -0.15) is 0 Å². The standard InChI is InChI=1S/C20H20Br2ClN.C11H13NO3/c21-15-8-14-7-6-13-9-16(23)10-17(22)18(13)19(20(14)24-11-15)12-4-2-1-3-5-12;1-8(13)12-10(11(14)15)7-9-5-3-2-4-6-9/h8-12,19H,1-7H2;2-6,10H,7H2,1H3,(H,12,13)(H,14,15)/p-1/t19-;/m1./s1. The summed E-state index contributed by atoms with van der Waals surface area (Å²) in [5.41, 5.74) is 6.34. The maximum Gasteiger partial charge on any atom is 0.217 e. The van der Waals surface area contributed by atoms with Crippen molar-refractivity contribution in [2.45, 2.75) is 70.3 Å². The average Bonchev–Trinajstić information content (AvgIpc) is 3.06. The van der Waals surface area contributed by atoms with E-state index in [-0.39, 0.29) is 12.3 Å². The van der Waals surface area contributed by atoms with Crippen molar-refractivity contribution < 1.29 is 14.7 Å². The van der Waals surface area contributed by atoms with E-state index in [0.717, 1.165) is 32.4 Å². The molecule has 2 aromatic carbocycles. The summed E-state index contributed by atoms with van der Waals surface area (Å²) in [5.74, 6) is -0.577. The van der Waals surface area contributed by atoms with E-state index in [1.165, 1.54) is 61.4 Å². The van der Waals surface area contributed by atoms with Crippen LogP contribution in [0.5, 0.6) is 0 Å². The predicted octanol–water partition coefficient (Wildman–Crippen LogP) is 6.55. The van der Waals surface area contributed by atoms with E-state index in [2.05, 4.69) is 55.4 Å². The van der Waals surface area contributed by atoms with Gasteiger partial charge in [0.1, 0.15) is 0 Å². The van der Waals surface area contributed by atoms with Gasteiger partial charge in [0.15, 0.2) is 0 Å². The number of halogens is 3. The zero-order chi connectivity index (χ0) is 27.9. The first-order chi connectivity index (χ1) is 18.7. The number of aromatic nitrogens is 1. The van der Waals surface area contributed by atoms with Gasteiger partial charge in [-0.25, -0.2) is 0 Å². The van der Waals surface area contributed by atoms with Gasteiger partial charge in [-0.15, -0.1) is 0 Å². The molecule has 1 amide bonds. The molecule has 39 heavy (non-hydrogen) atoms. The molecule has 5 rings (SSSR count). The number of nitrogens with zero attached hydrogens (tertiary/aromatic N) is 1. The summed E-state index contributed by atoms with van der Waals surface area (Å²) in [6.07, 6.45) is 10.9. The molecule has 2 atom stereocenters. The quantitative estimate of drug-likeness (QED) is 0.333. The average molecular weight is 676 g/mol. The van der Waals surface area contributed by atoms with Crippen molar-refractivity contribution >= 4 is 55.3 Å². The molecule has 3 aromatic rings. The summed E-state index contributed by atoms with van der Waals surface area (Å²) in [7, 11) is 0. The molecule has 1 unspecified atom stereocenters. The molecule has 0 bridgehead atoms. The molecule has 0 saturated heterocycles. The van der Waals surface area contributed by atoms with Crippen LogP contribution in [-0.2, 0) is 28.9 Å². The fourth-order valence-corrected chi connectivity index (χ4v) is 7.29. The number of aliphatic carboxylic acids is 1. The molecule has 0 radical (unpaired) electrons. The second-order valence-corrected chi connectivity index (χ2v) is 12.5. The molecular weight excluding hydrogens is 644 g/mol. The van der Waals surface area contributed by atoms with Gasteiger partial charge in [0.05, 0.1) is 17.7 Å². The zero-order valence-electron chi connectivity index (χ0n) is 21.9. The Morgan fingerprint density at radius 2 is 1.74 bits per heavy atom. The monoisotopic (exact) mass is 673 g/mol. The number of hydrogen-bond acceptors (Lipinski definition) is 4. The maximum absolute atomic E-state index is 10.7. The summed E-state index contributed by atoms with van der Waals surface area (Å²) in [6, 6.07) is 14.6. The van der Waals surface area contributed by atoms with Crippen molar-refractivity contribution in [1.82, 2.24) is 10.3 Å². The number of carbonyl (C=O) groups excluding carboxylic acids is 2. The number of nitrogens with one attached hydrogen (secondary N) is 1. The molecule has 2 aliphatic rings. The van der Waals surface area contributed by atoms with Gasteiger partial charge in [0.2, 0.25) is 5.91 Å². The van der Waals surface area contributed by atoms with E-state index in [9.17, 15) is 14.7 Å². The maximum atomic E-state index is 10.7. The molecule has 2 aliphatic carbocycles. The molecule has 206 valence electrons. The predicted molar refractivity (Wildman–Crippen MR) is 160 cm³/mol. The lowest BCUT2D eigenvalue weighted by molar-refractivity contribution is -0.308. The number of carboxylic acid groups (broad SMARTS) is 1. The van der Waals surface area contributed by atoms with E-state index in [1.54, 1.807) is 12.1 Å². The Morgan fingerprint density at radius 1 is 1.05 bits per heavy atom. The van der Waals surface area contributed by atoms with Crippen LogP contribution >= 0.6 is 43.5 Å². The molecular formula is C31H32Br2ClN2O3-. The van der Waals surface area contributed by atoms with Crippen molar-refractivity contribution in [2.75, 3.05) is 0 Å². The van der Waals surface area contributed by atoms with Crippen LogP contribution in [0.25, 0.3) is 0 Å². The molecule has 1 fully saturated rings. The van der Waals surface area contributed by atoms with Gasteiger partial charge < -0.3 is 15.2 Å². The van der Waals surface area contributed by atoms with Crippen LogP contribution in [0.4, 0.5) is 0 Å². The minimum Gasteiger partial charge on any atom is -0.548 e. The van der Waals surface area contributed by atoms with E-state index in [0.29, 0.717) is 11.8 Å². The second-order valence-electron chi connectivity index (χ2n) is 10.3. The van der Waals surface area contributed by atoms with Crippen molar-refractivity contribution in [1.29, 1.82) is 0 Å². The second kappa shape index (κ2) is 13.9. The highest BCUT2D eigenvalue weighted by Gasteiger charge is 2.34. The zero-order valence-corrected chi connectivity index (χ0v) is 25.8. The largest absolute Gasteiger partial charge is 0.548 e. The highest BCUT2D eigenvalue weighted by atomic mass is 79.9. The third-order valence-electron chi connectivity index (χ3n) is 7.48. The van der Waals surface area contributed by atoms with Gasteiger partial charge in [0, 0.05) is 33.0 Å². The molecule has 1 heterocycles. The number of carbonyl (C=O) groups is 2. The lowest BCUT2D eigenvalue weighted by Crippen LogP contribution is -2.48. The Morgan fingerprint density at radius 3 is 2.41 bits per heavy atom. The number of rotatable bonds is 5. The Hall–Kier alpha value is -2.22. The van der Waals surface area contributed by atoms with Gasteiger partial charge in [-0.1, -0.05) is 77.1 Å². The van der Waals surface area contributed by atoms with Crippen molar-refractivity contribution in [3.63, 3.8) is 0 Å². The molecule has 5 nitrogen and oxygen atoms in total. The molecule has 1 aromatic heterocycles. The lowest BCUT2D eigenvalue weighted by atomic mass is 9.74. The van der Waals surface area contributed by atoms with Crippen LogP contribution in [0.3, 0.4) is 0 Å². The summed E-state index contributed by atoms with van der Waals surface area (Å²) >= 11 is 13.8. The number of amides is 1. The number of hydrogen-bond donors (Lipinski definition) is 1. The molecule has 0 aliphatic heterocycles. The third-order valence-corrected chi connectivity index (χ3v) is 8.79. The van der Waals surface area contributed by atoms with E-state index >= 15 is 0 Å². The fraction of sp³-hybridized carbons (Fsp3) is 0.387. The number of fused-ring (bicyclic) bond motifs is 2. The van der Waals surface area contributed by atoms with Crippen LogP contribution in [0, 0.1) is 5.92 Å². The molecule has 1 N–H and O–H groups in total. The molecule has 8 heteroatoms. The third kappa shape index (κ3) is 7.92. The summed E-state index contributed by atoms with van der Waals surface area (Å²) < 4.78 is 2.23. The van der Waals surface area contributed by atoms with E-state index in [4.69, 9.17) is 16.6 Å². The van der Waals surface area contributed by atoms with Crippen molar-refractivity contribution in [2.24, 2.45) is 5.92 Å². The van der Waals surface area contributed by atoms with Crippen LogP contribution in [0.15, 0.2) is 63.7 Å². The topological polar surface area (TPSA) is 82.1 Å². The number of carboxylic acids is 1. The van der Waals surface area contributed by atoms with Gasteiger partial charge in [-0.3, -0.25) is 9.78 Å². The number of aryl methyl sites for hydroxylation is 2. The molecule has 1 saturated carbocycles. The van der Waals surface area contributed by atoms with Crippen LogP contribution in [-0.4, -0.2) is 22.9 Å². The smallest absolute Gasteiger partial charge is 0.217 e. The normalized spacial score (nSPS) is 17.5. The Labute approximate surface area is 252 Å². The number of pyridine rings is 1. The first kappa shape index (κ1) is 29.8. The SMILES string of the molecule is CC(=O)NC(Cc1ccccc1)C(=O)[O-].Clc1cc(Br)c2c(c1)CCc1cc(Br)cnc1[C@@H]2C1CCCCC1. The van der Waals surface area contributed by atoms with Crippen LogP contribution in [0.1, 0.15) is 72.9 Å². The van der Waals surface area contributed by atoms with Crippen molar-refractivity contribution in [3.05, 3.63) is 96.6 Å². The van der Waals surface area contributed by atoms with Crippen LogP contribution in [0.2, 0.25) is 5.02 Å². The van der Waals surface area contributed by atoms with Crippen molar-refractivity contribution in [3.8, 4) is 0 Å². The highest BCUT2D eigenvalue weighted by Crippen LogP contribution is 2.47. The Kier molecular flexibility index (Phi) is 10.6. The van der Waals surface area contributed by atoms with Crippen LogP contribution < -0.4 is 10.4 Å². The number of benzene rings is 2. The first-order valence-corrected chi connectivity index (χ1v) is 15.3. The summed E-state index contributed by atoms with van der Waals surface area (Å²) in [6.45, 7) is 1.28. The fourth-order valence-electron chi connectivity index (χ4n) is 5.79. The first-order valence-electron chi connectivity index (χ1n) is 13.4. The highest BCUT2D eigenvalue weighted by molar-refractivity contribution is 9.10. The Balaban J connectivity index is 0.000000204. The lowest BCUT2D eigenvalue weighted by Gasteiger charge is -2.32. The van der Waals surface area contributed by atoms with E-state index in [1.807, 2.05) is 24.4 Å². The minimum atomic E-state index is -1.27. The van der Waals surface area contributed by atoms with Gasteiger partial charge >= 0.3 is 0 Å². The van der Waals surface area contributed by atoms with E-state index < -0.39 is 12.0 Å². The molecule has 0 spiro atoms. The summed E-state index contributed by atoms with van der Waals surface area (Å²) in [5, 5.41) is 13.9. The Bertz CT molecular complexity index is 1310. The van der Waals surface area contributed by atoms with Gasteiger partial charge in [0.25, 0.3) is 0 Å².